The summed E-state index contributed by atoms with van der Waals surface area (Å²) in [4.78, 5) is 11.4. The van der Waals surface area contributed by atoms with Gasteiger partial charge in [-0.1, -0.05) is 29.8 Å². The molecule has 0 unspecified atom stereocenters. The molecule has 0 aliphatic heterocycles. The average Bonchev–Trinajstić information content (AvgIpc) is 2.33. The van der Waals surface area contributed by atoms with Crippen molar-refractivity contribution < 1.29 is 0 Å². The standard InChI is InChI=1S/C7H13BrN4O/c1-5(2)6-10-11(4-3-8)7(13)12(6)9/h5H,3-4,9H2,1-2H3. The highest BCUT2D eigenvalue weighted by Crippen LogP contribution is 2.06. The van der Waals surface area contributed by atoms with Crippen LogP contribution in [0.15, 0.2) is 4.79 Å². The van der Waals surface area contributed by atoms with Crippen LogP contribution in [0.1, 0.15) is 25.6 Å². The topological polar surface area (TPSA) is 65.8 Å². The van der Waals surface area contributed by atoms with Gasteiger partial charge in [-0.05, 0) is 0 Å². The summed E-state index contributed by atoms with van der Waals surface area (Å²) < 4.78 is 2.47. The van der Waals surface area contributed by atoms with Gasteiger partial charge < -0.3 is 5.84 Å². The van der Waals surface area contributed by atoms with Crippen molar-refractivity contribution in [3.8, 4) is 0 Å². The minimum absolute atomic E-state index is 0.161. The zero-order valence-corrected chi connectivity index (χ0v) is 9.28. The summed E-state index contributed by atoms with van der Waals surface area (Å²) >= 11 is 3.24. The molecule has 2 N–H and O–H groups in total. The molecular formula is C7H13BrN4O. The summed E-state index contributed by atoms with van der Waals surface area (Å²) in [6.45, 7) is 4.44. The molecule has 1 heterocycles. The average molecular weight is 249 g/mol. The van der Waals surface area contributed by atoms with E-state index in [1.165, 1.54) is 4.68 Å². The zero-order chi connectivity index (χ0) is 10.0. The Morgan fingerprint density at radius 3 is 2.62 bits per heavy atom. The van der Waals surface area contributed by atoms with Crippen molar-refractivity contribution in [3.63, 3.8) is 0 Å². The second-order valence-electron chi connectivity index (χ2n) is 3.08. The largest absolute Gasteiger partial charge is 0.364 e. The van der Waals surface area contributed by atoms with E-state index in [-0.39, 0.29) is 11.6 Å². The number of halogens is 1. The molecule has 0 radical (unpaired) electrons. The second kappa shape index (κ2) is 3.95. The van der Waals surface area contributed by atoms with E-state index < -0.39 is 0 Å². The van der Waals surface area contributed by atoms with Crippen molar-refractivity contribution in [2.75, 3.05) is 11.2 Å². The predicted molar refractivity (Wildman–Crippen MR) is 54.5 cm³/mol. The van der Waals surface area contributed by atoms with Gasteiger partial charge in [-0.15, -0.1) is 0 Å². The van der Waals surface area contributed by atoms with E-state index in [1.807, 2.05) is 13.8 Å². The number of aromatic nitrogens is 3. The monoisotopic (exact) mass is 248 g/mol. The lowest BCUT2D eigenvalue weighted by molar-refractivity contribution is 0.625. The second-order valence-corrected chi connectivity index (χ2v) is 3.87. The first-order chi connectivity index (χ1) is 6.07. The van der Waals surface area contributed by atoms with Gasteiger partial charge in [0.05, 0.1) is 6.54 Å². The Labute approximate surface area is 84.6 Å². The van der Waals surface area contributed by atoms with Crippen molar-refractivity contribution in [1.29, 1.82) is 0 Å². The highest BCUT2D eigenvalue weighted by atomic mass is 79.9. The first-order valence-electron chi connectivity index (χ1n) is 4.08. The summed E-state index contributed by atoms with van der Waals surface area (Å²) in [6.07, 6.45) is 0. The Balaban J connectivity index is 3.13. The van der Waals surface area contributed by atoms with Gasteiger partial charge in [-0.25, -0.2) is 9.48 Å². The van der Waals surface area contributed by atoms with Crippen LogP contribution >= 0.6 is 15.9 Å². The summed E-state index contributed by atoms with van der Waals surface area (Å²) in [6, 6.07) is 0. The summed E-state index contributed by atoms with van der Waals surface area (Å²) in [5.74, 6) is 6.32. The van der Waals surface area contributed by atoms with Crippen LogP contribution in [0.4, 0.5) is 0 Å². The Hall–Kier alpha value is -0.780. The highest BCUT2D eigenvalue weighted by molar-refractivity contribution is 9.09. The summed E-state index contributed by atoms with van der Waals surface area (Å²) in [5.41, 5.74) is -0.261. The van der Waals surface area contributed by atoms with Gasteiger partial charge in [0.15, 0.2) is 5.82 Å². The fourth-order valence-corrected chi connectivity index (χ4v) is 1.39. The third kappa shape index (κ3) is 1.93. The maximum Gasteiger partial charge on any atom is 0.364 e. The van der Waals surface area contributed by atoms with Crippen molar-refractivity contribution in [3.05, 3.63) is 16.3 Å². The molecule has 0 fully saturated rings. The molecule has 0 aliphatic carbocycles. The van der Waals surface area contributed by atoms with Crippen molar-refractivity contribution in [1.82, 2.24) is 14.5 Å². The lowest BCUT2D eigenvalue weighted by Crippen LogP contribution is -2.31. The molecule has 74 valence electrons. The van der Waals surface area contributed by atoms with Crippen LogP contribution in [0.25, 0.3) is 0 Å². The van der Waals surface area contributed by atoms with E-state index in [4.69, 9.17) is 5.84 Å². The number of nitrogens with zero attached hydrogens (tertiary/aromatic N) is 3. The fourth-order valence-electron chi connectivity index (χ4n) is 1.06. The molecule has 0 aromatic carbocycles. The van der Waals surface area contributed by atoms with Gasteiger partial charge in [-0.3, -0.25) is 0 Å². The van der Waals surface area contributed by atoms with E-state index in [1.54, 1.807) is 0 Å². The molecule has 1 rings (SSSR count). The Morgan fingerprint density at radius 1 is 1.62 bits per heavy atom. The normalized spacial score (nSPS) is 11.1. The number of nitrogens with two attached hydrogens (primary N) is 1. The van der Waals surface area contributed by atoms with Gasteiger partial charge in [0, 0.05) is 11.2 Å². The van der Waals surface area contributed by atoms with Gasteiger partial charge >= 0.3 is 5.69 Å². The van der Waals surface area contributed by atoms with Crippen molar-refractivity contribution in [2.45, 2.75) is 26.3 Å². The van der Waals surface area contributed by atoms with Gasteiger partial charge in [0.25, 0.3) is 0 Å². The number of alkyl halides is 1. The molecule has 5 nitrogen and oxygen atoms in total. The maximum atomic E-state index is 11.4. The third-order valence-electron chi connectivity index (χ3n) is 1.71. The molecule has 0 atom stereocenters. The van der Waals surface area contributed by atoms with E-state index in [2.05, 4.69) is 21.0 Å². The number of hydrogen-bond acceptors (Lipinski definition) is 3. The van der Waals surface area contributed by atoms with E-state index in [0.29, 0.717) is 17.7 Å². The Kier molecular flexibility index (Phi) is 3.13. The van der Waals surface area contributed by atoms with Crippen LogP contribution in [0.3, 0.4) is 0 Å². The van der Waals surface area contributed by atoms with Gasteiger partial charge in [0.1, 0.15) is 0 Å². The first-order valence-corrected chi connectivity index (χ1v) is 5.21. The van der Waals surface area contributed by atoms with Crippen LogP contribution < -0.4 is 11.5 Å². The highest BCUT2D eigenvalue weighted by Gasteiger charge is 2.12. The van der Waals surface area contributed by atoms with Crippen LogP contribution in [-0.4, -0.2) is 19.8 Å². The smallest absolute Gasteiger partial charge is 0.333 e. The summed E-state index contributed by atoms with van der Waals surface area (Å²) in [5, 5.41) is 4.81. The Bertz CT molecular complexity index is 341. The molecule has 1 aromatic rings. The number of rotatable bonds is 3. The molecule has 0 bridgehead atoms. The van der Waals surface area contributed by atoms with Crippen LogP contribution in [0.5, 0.6) is 0 Å². The molecule has 6 heteroatoms. The van der Waals surface area contributed by atoms with E-state index in [9.17, 15) is 4.79 Å². The third-order valence-corrected chi connectivity index (χ3v) is 2.06. The molecule has 0 spiro atoms. The van der Waals surface area contributed by atoms with Crippen LogP contribution in [0, 0.1) is 0 Å². The molecule has 0 aliphatic rings. The fraction of sp³-hybridized carbons (Fsp3) is 0.714. The van der Waals surface area contributed by atoms with Crippen molar-refractivity contribution in [2.24, 2.45) is 0 Å². The lowest BCUT2D eigenvalue weighted by Gasteiger charge is -2.00. The van der Waals surface area contributed by atoms with Crippen LogP contribution in [-0.2, 0) is 6.54 Å². The molecule has 1 aromatic heterocycles. The van der Waals surface area contributed by atoms with E-state index in [0.717, 1.165) is 4.68 Å². The molecule has 0 amide bonds. The van der Waals surface area contributed by atoms with Crippen LogP contribution in [0.2, 0.25) is 0 Å². The number of nitrogen functional groups attached to an aromatic ring is 1. The predicted octanol–water partition coefficient (Wildman–Crippen LogP) is 0.277. The first kappa shape index (κ1) is 10.3. The maximum absolute atomic E-state index is 11.4. The molecule has 13 heavy (non-hydrogen) atoms. The quantitative estimate of drug-likeness (QED) is 0.618. The number of aryl methyl sites for hydroxylation is 1. The van der Waals surface area contributed by atoms with Gasteiger partial charge in [-0.2, -0.15) is 9.77 Å². The van der Waals surface area contributed by atoms with Crippen molar-refractivity contribution >= 4 is 15.9 Å². The minimum Gasteiger partial charge on any atom is -0.333 e. The number of hydrogen-bond donors (Lipinski definition) is 1. The van der Waals surface area contributed by atoms with Gasteiger partial charge in [0.2, 0.25) is 0 Å². The minimum atomic E-state index is -0.261. The summed E-state index contributed by atoms with van der Waals surface area (Å²) in [7, 11) is 0. The molecule has 0 saturated heterocycles. The molecule has 0 saturated carbocycles. The lowest BCUT2D eigenvalue weighted by atomic mass is 10.2. The zero-order valence-electron chi connectivity index (χ0n) is 7.70. The Morgan fingerprint density at radius 2 is 2.23 bits per heavy atom. The SMILES string of the molecule is CC(C)c1nn(CCBr)c(=O)n1N. The molecular weight excluding hydrogens is 236 g/mol. The van der Waals surface area contributed by atoms with E-state index >= 15 is 0 Å².